The quantitative estimate of drug-likeness (QED) is 0.753. The van der Waals surface area contributed by atoms with Crippen molar-refractivity contribution in [2.45, 2.75) is 39.9 Å². The summed E-state index contributed by atoms with van der Waals surface area (Å²) >= 11 is 0. The molecule has 0 saturated carbocycles. The lowest BCUT2D eigenvalue weighted by Crippen LogP contribution is -2.36. The summed E-state index contributed by atoms with van der Waals surface area (Å²) < 4.78 is 39.2. The zero-order valence-electron chi connectivity index (χ0n) is 16.1. The number of anilines is 1. The third-order valence-electron chi connectivity index (χ3n) is 4.16. The van der Waals surface area contributed by atoms with Gasteiger partial charge in [-0.15, -0.1) is 0 Å². The molecule has 28 heavy (non-hydrogen) atoms. The molecule has 2 N–H and O–H groups in total. The third-order valence-corrected chi connectivity index (χ3v) is 4.16. The molecule has 4 nitrogen and oxygen atoms in total. The molecule has 0 fully saturated rings. The van der Waals surface area contributed by atoms with Gasteiger partial charge in [-0.05, 0) is 47.4 Å². The molecule has 2 aromatic carbocycles. The Hall–Kier alpha value is -2.83. The Labute approximate surface area is 162 Å². The minimum Gasteiger partial charge on any atom is -0.345 e. The topological polar surface area (TPSA) is 58.2 Å². The SMILES string of the molecule is CC(=O)Nc1ccc(C(=O)NC(c2cccc(C(F)(F)F)c2)C(C)(C)C)cc1. The molecule has 0 aliphatic heterocycles. The van der Waals surface area contributed by atoms with Crippen molar-refractivity contribution < 1.29 is 22.8 Å². The van der Waals surface area contributed by atoms with Crippen molar-refractivity contribution in [3.63, 3.8) is 0 Å². The van der Waals surface area contributed by atoms with E-state index < -0.39 is 29.1 Å². The molecule has 0 heterocycles. The molecule has 2 amide bonds. The molecule has 150 valence electrons. The summed E-state index contributed by atoms with van der Waals surface area (Å²) in [5.41, 5.74) is -0.000879. The van der Waals surface area contributed by atoms with Gasteiger partial charge in [0.25, 0.3) is 5.91 Å². The van der Waals surface area contributed by atoms with E-state index in [9.17, 15) is 22.8 Å². The Morgan fingerprint density at radius 2 is 1.57 bits per heavy atom. The number of halogens is 3. The maximum absolute atomic E-state index is 13.1. The number of hydrogen-bond acceptors (Lipinski definition) is 2. The normalized spacial score (nSPS) is 13.0. The van der Waals surface area contributed by atoms with Crippen LogP contribution in [-0.4, -0.2) is 11.8 Å². The van der Waals surface area contributed by atoms with Crippen LogP contribution in [0.4, 0.5) is 18.9 Å². The Morgan fingerprint density at radius 1 is 0.964 bits per heavy atom. The second kappa shape index (κ2) is 8.04. The summed E-state index contributed by atoms with van der Waals surface area (Å²) in [4.78, 5) is 23.7. The summed E-state index contributed by atoms with van der Waals surface area (Å²) in [6.07, 6.45) is -4.46. The van der Waals surface area contributed by atoms with Crippen molar-refractivity contribution in [2.24, 2.45) is 5.41 Å². The average molecular weight is 392 g/mol. The van der Waals surface area contributed by atoms with Crippen LogP contribution in [-0.2, 0) is 11.0 Å². The van der Waals surface area contributed by atoms with Crippen molar-refractivity contribution in [2.75, 3.05) is 5.32 Å². The Morgan fingerprint density at radius 3 is 2.07 bits per heavy atom. The van der Waals surface area contributed by atoms with E-state index in [2.05, 4.69) is 10.6 Å². The van der Waals surface area contributed by atoms with E-state index in [0.717, 1.165) is 12.1 Å². The molecule has 7 heteroatoms. The van der Waals surface area contributed by atoms with Crippen LogP contribution in [0.2, 0.25) is 0 Å². The largest absolute Gasteiger partial charge is 0.416 e. The highest BCUT2D eigenvalue weighted by molar-refractivity contribution is 5.95. The van der Waals surface area contributed by atoms with Crippen molar-refractivity contribution in [3.8, 4) is 0 Å². The van der Waals surface area contributed by atoms with Gasteiger partial charge in [-0.25, -0.2) is 0 Å². The van der Waals surface area contributed by atoms with Crippen LogP contribution in [0.15, 0.2) is 48.5 Å². The smallest absolute Gasteiger partial charge is 0.345 e. The first kappa shape index (κ1) is 21.5. The Kier molecular flexibility index (Phi) is 6.17. The van der Waals surface area contributed by atoms with Crippen molar-refractivity contribution in [1.29, 1.82) is 0 Å². The van der Waals surface area contributed by atoms with Crippen LogP contribution in [0.25, 0.3) is 0 Å². The minimum atomic E-state index is -4.46. The zero-order valence-corrected chi connectivity index (χ0v) is 16.1. The van der Waals surface area contributed by atoms with Gasteiger partial charge in [-0.3, -0.25) is 9.59 Å². The molecule has 2 aromatic rings. The molecule has 2 rings (SSSR count). The molecule has 0 spiro atoms. The second-order valence-corrected chi connectivity index (χ2v) is 7.65. The van der Waals surface area contributed by atoms with Crippen LogP contribution >= 0.6 is 0 Å². The number of nitrogens with one attached hydrogen (secondary N) is 2. The number of amides is 2. The van der Waals surface area contributed by atoms with Crippen molar-refractivity contribution in [1.82, 2.24) is 5.32 Å². The Balaban J connectivity index is 2.28. The number of carbonyl (C=O) groups excluding carboxylic acids is 2. The molecule has 0 aliphatic rings. The standard InChI is InChI=1S/C21H23F3N2O2/c1-13(27)25-17-10-8-14(9-11-17)19(28)26-18(20(2,3)4)15-6-5-7-16(12-15)21(22,23)24/h5-12,18H,1-4H3,(H,25,27)(H,26,28). The lowest BCUT2D eigenvalue weighted by molar-refractivity contribution is -0.137. The predicted molar refractivity (Wildman–Crippen MR) is 102 cm³/mol. The summed E-state index contributed by atoms with van der Waals surface area (Å²) in [5, 5.41) is 5.44. The van der Waals surface area contributed by atoms with Gasteiger partial charge in [-0.1, -0.05) is 32.9 Å². The minimum absolute atomic E-state index is 0.227. The number of carbonyl (C=O) groups is 2. The fourth-order valence-electron chi connectivity index (χ4n) is 2.82. The molecule has 0 aliphatic carbocycles. The van der Waals surface area contributed by atoms with E-state index in [-0.39, 0.29) is 5.91 Å². The molecule has 0 bridgehead atoms. The van der Waals surface area contributed by atoms with Gasteiger partial charge in [0.15, 0.2) is 0 Å². The van der Waals surface area contributed by atoms with Crippen LogP contribution < -0.4 is 10.6 Å². The van der Waals surface area contributed by atoms with Crippen LogP contribution in [0, 0.1) is 5.41 Å². The summed E-state index contributed by atoms with van der Waals surface area (Å²) in [5.74, 6) is -0.638. The summed E-state index contributed by atoms with van der Waals surface area (Å²) in [6.45, 7) is 6.91. The van der Waals surface area contributed by atoms with Gasteiger partial charge in [0.1, 0.15) is 0 Å². The predicted octanol–water partition coefficient (Wildman–Crippen LogP) is 5.18. The van der Waals surface area contributed by atoms with Crippen LogP contribution in [0.5, 0.6) is 0 Å². The summed E-state index contributed by atoms with van der Waals surface area (Å²) in [7, 11) is 0. The monoisotopic (exact) mass is 392 g/mol. The summed E-state index contributed by atoms with van der Waals surface area (Å²) in [6, 6.07) is 10.6. The van der Waals surface area contributed by atoms with Crippen molar-refractivity contribution in [3.05, 3.63) is 65.2 Å². The van der Waals surface area contributed by atoms with Crippen molar-refractivity contribution >= 4 is 17.5 Å². The second-order valence-electron chi connectivity index (χ2n) is 7.65. The first-order chi connectivity index (χ1) is 12.9. The fraction of sp³-hybridized carbons (Fsp3) is 0.333. The highest BCUT2D eigenvalue weighted by Crippen LogP contribution is 2.36. The van der Waals surface area contributed by atoms with E-state index in [1.807, 2.05) is 20.8 Å². The van der Waals surface area contributed by atoms with Gasteiger partial charge in [0, 0.05) is 18.2 Å². The van der Waals surface area contributed by atoms with Gasteiger partial charge >= 0.3 is 6.18 Å². The molecular formula is C21H23F3N2O2. The molecule has 0 radical (unpaired) electrons. The molecule has 0 aromatic heterocycles. The maximum Gasteiger partial charge on any atom is 0.416 e. The Bertz CT molecular complexity index is 853. The van der Waals surface area contributed by atoms with Crippen LogP contribution in [0.1, 0.15) is 55.2 Å². The first-order valence-corrected chi connectivity index (χ1v) is 8.73. The van der Waals surface area contributed by atoms with Gasteiger partial charge < -0.3 is 10.6 Å². The number of hydrogen-bond donors (Lipinski definition) is 2. The third kappa shape index (κ3) is 5.58. The number of rotatable bonds is 4. The maximum atomic E-state index is 13.1. The lowest BCUT2D eigenvalue weighted by Gasteiger charge is -2.32. The molecular weight excluding hydrogens is 369 g/mol. The number of alkyl halides is 3. The first-order valence-electron chi connectivity index (χ1n) is 8.73. The van der Waals surface area contributed by atoms with Crippen LogP contribution in [0.3, 0.4) is 0 Å². The van der Waals surface area contributed by atoms with E-state index in [1.165, 1.54) is 13.0 Å². The molecule has 1 atom stereocenters. The van der Waals surface area contributed by atoms with E-state index in [1.54, 1.807) is 30.3 Å². The van der Waals surface area contributed by atoms with Gasteiger partial charge in [0.2, 0.25) is 5.91 Å². The lowest BCUT2D eigenvalue weighted by atomic mass is 9.81. The van der Waals surface area contributed by atoms with E-state index >= 15 is 0 Å². The molecule has 0 saturated heterocycles. The van der Waals surface area contributed by atoms with E-state index in [4.69, 9.17) is 0 Å². The molecule has 1 unspecified atom stereocenters. The zero-order chi connectivity index (χ0) is 21.1. The highest BCUT2D eigenvalue weighted by Gasteiger charge is 2.33. The van der Waals surface area contributed by atoms with E-state index in [0.29, 0.717) is 16.8 Å². The number of benzene rings is 2. The highest BCUT2D eigenvalue weighted by atomic mass is 19.4. The van der Waals surface area contributed by atoms with Gasteiger partial charge in [0.05, 0.1) is 11.6 Å². The van der Waals surface area contributed by atoms with Gasteiger partial charge in [-0.2, -0.15) is 13.2 Å². The fourth-order valence-corrected chi connectivity index (χ4v) is 2.82. The average Bonchev–Trinajstić information content (AvgIpc) is 2.58.